The minimum atomic E-state index is -3.84. The fourth-order valence-electron chi connectivity index (χ4n) is 2.96. The summed E-state index contributed by atoms with van der Waals surface area (Å²) in [7, 11) is -3.84. The molecule has 0 aliphatic heterocycles. The van der Waals surface area contributed by atoms with Crippen LogP contribution in [0.2, 0.25) is 0 Å². The Balaban J connectivity index is 1.72. The predicted molar refractivity (Wildman–Crippen MR) is 110 cm³/mol. The van der Waals surface area contributed by atoms with Crippen LogP contribution in [-0.4, -0.2) is 36.8 Å². The predicted octanol–water partition coefficient (Wildman–Crippen LogP) is 2.66. The van der Waals surface area contributed by atoms with Gasteiger partial charge in [-0.2, -0.15) is 4.98 Å². The number of carbonyl (C=O) groups excluding carboxylic acids is 1. The van der Waals surface area contributed by atoms with Crippen LogP contribution < -0.4 is 9.62 Å². The number of amides is 1. The zero-order chi connectivity index (χ0) is 21.9. The second kappa shape index (κ2) is 8.62. The molecular formula is C20H21FN4O4S. The number of hydrogen-bond acceptors (Lipinski definition) is 6. The molecule has 2 aromatic carbocycles. The van der Waals surface area contributed by atoms with Crippen molar-refractivity contribution in [1.29, 1.82) is 0 Å². The highest BCUT2D eigenvalue weighted by atomic mass is 32.2. The van der Waals surface area contributed by atoms with Gasteiger partial charge in [0, 0.05) is 5.56 Å². The van der Waals surface area contributed by atoms with Crippen LogP contribution in [0.5, 0.6) is 0 Å². The van der Waals surface area contributed by atoms with Gasteiger partial charge in [0.2, 0.25) is 27.6 Å². The van der Waals surface area contributed by atoms with E-state index in [0.29, 0.717) is 5.82 Å². The molecule has 0 saturated heterocycles. The molecule has 3 rings (SSSR count). The standard InChI is InChI=1S/C20H21FN4O4S/c1-13-6-4-7-15(10-13)19-23-18(29-24-19)12-22-20(26)14(2)25(30(3,27)28)17-9-5-8-16(21)11-17/h4-11,14H,12H2,1-3H3,(H,22,26)/t14-/m0/s1. The third-order valence-corrected chi connectivity index (χ3v) is 5.55. The maximum absolute atomic E-state index is 13.6. The third kappa shape index (κ3) is 5.01. The Hall–Kier alpha value is -3.27. The molecule has 0 saturated carbocycles. The molecule has 1 amide bonds. The van der Waals surface area contributed by atoms with E-state index in [1.807, 2.05) is 31.2 Å². The molecular weight excluding hydrogens is 411 g/mol. The number of nitrogens with zero attached hydrogens (tertiary/aromatic N) is 3. The Morgan fingerprint density at radius 3 is 2.63 bits per heavy atom. The van der Waals surface area contributed by atoms with Crippen LogP contribution in [0, 0.1) is 12.7 Å². The van der Waals surface area contributed by atoms with E-state index in [1.54, 1.807) is 0 Å². The molecule has 3 aromatic rings. The lowest BCUT2D eigenvalue weighted by Crippen LogP contribution is -2.47. The summed E-state index contributed by atoms with van der Waals surface area (Å²) in [5.74, 6) is -0.652. The van der Waals surface area contributed by atoms with Gasteiger partial charge in [-0.1, -0.05) is 35.0 Å². The fraction of sp³-hybridized carbons (Fsp3) is 0.250. The second-order valence-electron chi connectivity index (χ2n) is 6.81. The van der Waals surface area contributed by atoms with E-state index in [2.05, 4.69) is 15.5 Å². The number of anilines is 1. The summed E-state index contributed by atoms with van der Waals surface area (Å²) in [6, 6.07) is 11.5. The largest absolute Gasteiger partial charge is 0.345 e. The molecule has 0 unspecified atom stereocenters. The number of rotatable bonds is 7. The van der Waals surface area contributed by atoms with Crippen molar-refractivity contribution in [3.8, 4) is 11.4 Å². The maximum Gasteiger partial charge on any atom is 0.246 e. The van der Waals surface area contributed by atoms with Crippen molar-refractivity contribution in [2.45, 2.75) is 26.4 Å². The lowest BCUT2D eigenvalue weighted by Gasteiger charge is -2.28. The Bertz CT molecular complexity index is 1160. The van der Waals surface area contributed by atoms with E-state index in [0.717, 1.165) is 27.8 Å². The number of sulfonamides is 1. The van der Waals surface area contributed by atoms with Crippen molar-refractivity contribution in [1.82, 2.24) is 15.5 Å². The molecule has 1 atom stereocenters. The van der Waals surface area contributed by atoms with Gasteiger partial charge in [0.1, 0.15) is 11.9 Å². The van der Waals surface area contributed by atoms with Crippen LogP contribution in [0.3, 0.4) is 0 Å². The van der Waals surface area contributed by atoms with E-state index in [1.165, 1.54) is 25.1 Å². The number of aryl methyl sites for hydroxylation is 1. The van der Waals surface area contributed by atoms with Gasteiger partial charge in [-0.3, -0.25) is 9.10 Å². The van der Waals surface area contributed by atoms with E-state index >= 15 is 0 Å². The quantitative estimate of drug-likeness (QED) is 0.615. The van der Waals surface area contributed by atoms with E-state index in [-0.39, 0.29) is 18.1 Å². The van der Waals surface area contributed by atoms with E-state index in [4.69, 9.17) is 4.52 Å². The molecule has 0 fully saturated rings. The average molecular weight is 432 g/mol. The minimum Gasteiger partial charge on any atom is -0.345 e. The number of benzene rings is 2. The highest BCUT2D eigenvalue weighted by molar-refractivity contribution is 7.92. The summed E-state index contributed by atoms with van der Waals surface area (Å²) in [5.41, 5.74) is 1.87. The third-order valence-electron chi connectivity index (χ3n) is 4.31. The van der Waals surface area contributed by atoms with Gasteiger partial charge in [-0.15, -0.1) is 0 Å². The van der Waals surface area contributed by atoms with Crippen molar-refractivity contribution in [2.75, 3.05) is 10.6 Å². The van der Waals surface area contributed by atoms with Gasteiger partial charge < -0.3 is 9.84 Å². The first-order valence-corrected chi connectivity index (χ1v) is 10.9. The zero-order valence-corrected chi connectivity index (χ0v) is 17.5. The van der Waals surface area contributed by atoms with Crippen molar-refractivity contribution >= 4 is 21.6 Å². The Morgan fingerprint density at radius 2 is 1.97 bits per heavy atom. The van der Waals surface area contributed by atoms with Crippen molar-refractivity contribution < 1.29 is 22.1 Å². The number of nitrogens with one attached hydrogen (secondary N) is 1. The van der Waals surface area contributed by atoms with Crippen molar-refractivity contribution in [3.05, 3.63) is 65.8 Å². The van der Waals surface area contributed by atoms with E-state index in [9.17, 15) is 17.6 Å². The Kier molecular flexibility index (Phi) is 6.16. The lowest BCUT2D eigenvalue weighted by molar-refractivity contribution is -0.122. The summed E-state index contributed by atoms with van der Waals surface area (Å²) in [5, 5.41) is 6.47. The van der Waals surface area contributed by atoms with Gasteiger partial charge in [0.15, 0.2) is 0 Å². The molecule has 0 aliphatic rings. The molecule has 10 heteroatoms. The first-order chi connectivity index (χ1) is 14.1. The van der Waals surface area contributed by atoms with E-state index < -0.39 is 27.8 Å². The molecule has 0 spiro atoms. The molecule has 1 N–H and O–H groups in total. The number of hydrogen-bond donors (Lipinski definition) is 1. The maximum atomic E-state index is 13.6. The Labute approximate surface area is 173 Å². The van der Waals surface area contributed by atoms with Gasteiger partial charge in [-0.05, 0) is 38.1 Å². The fourth-order valence-corrected chi connectivity index (χ4v) is 4.13. The summed E-state index contributed by atoms with van der Waals surface area (Å²) >= 11 is 0. The summed E-state index contributed by atoms with van der Waals surface area (Å²) < 4.78 is 44.1. The lowest BCUT2D eigenvalue weighted by atomic mass is 10.1. The smallest absolute Gasteiger partial charge is 0.246 e. The van der Waals surface area contributed by atoms with Gasteiger partial charge in [0.05, 0.1) is 18.5 Å². The van der Waals surface area contributed by atoms with Gasteiger partial charge in [-0.25, -0.2) is 12.8 Å². The SMILES string of the molecule is Cc1cccc(-c2noc(CNC(=O)[C@H](C)N(c3cccc(F)c3)S(C)(=O)=O)n2)c1. The average Bonchev–Trinajstić information content (AvgIpc) is 3.14. The second-order valence-corrected chi connectivity index (χ2v) is 8.67. The van der Waals surface area contributed by atoms with Crippen LogP contribution >= 0.6 is 0 Å². The molecule has 8 nitrogen and oxygen atoms in total. The summed E-state index contributed by atoms with van der Waals surface area (Å²) in [4.78, 5) is 16.8. The molecule has 1 aromatic heterocycles. The molecule has 30 heavy (non-hydrogen) atoms. The van der Waals surface area contributed by atoms with Gasteiger partial charge in [0.25, 0.3) is 0 Å². The highest BCUT2D eigenvalue weighted by Crippen LogP contribution is 2.22. The molecule has 158 valence electrons. The first kappa shape index (κ1) is 21.4. The molecule has 0 aliphatic carbocycles. The van der Waals surface area contributed by atoms with Crippen LogP contribution in [0.15, 0.2) is 53.1 Å². The van der Waals surface area contributed by atoms with Crippen LogP contribution in [0.25, 0.3) is 11.4 Å². The topological polar surface area (TPSA) is 105 Å². The van der Waals surface area contributed by atoms with Crippen LogP contribution in [0.1, 0.15) is 18.4 Å². The first-order valence-electron chi connectivity index (χ1n) is 9.07. The van der Waals surface area contributed by atoms with Gasteiger partial charge >= 0.3 is 0 Å². The number of carbonyl (C=O) groups is 1. The Morgan fingerprint density at radius 1 is 1.23 bits per heavy atom. The normalized spacial score (nSPS) is 12.4. The van der Waals surface area contributed by atoms with Crippen molar-refractivity contribution in [2.24, 2.45) is 0 Å². The molecule has 0 radical (unpaired) electrons. The molecule has 0 bridgehead atoms. The van der Waals surface area contributed by atoms with Crippen LogP contribution in [0.4, 0.5) is 10.1 Å². The zero-order valence-electron chi connectivity index (χ0n) is 16.7. The number of halogens is 1. The number of aromatic nitrogens is 2. The minimum absolute atomic E-state index is 0.0553. The monoisotopic (exact) mass is 432 g/mol. The van der Waals surface area contributed by atoms with Crippen molar-refractivity contribution in [3.63, 3.8) is 0 Å². The highest BCUT2D eigenvalue weighted by Gasteiger charge is 2.29. The van der Waals surface area contributed by atoms with Crippen LogP contribution in [-0.2, 0) is 21.4 Å². The molecule has 1 heterocycles. The summed E-state index contributed by atoms with van der Waals surface area (Å²) in [6.07, 6.45) is 0.952. The summed E-state index contributed by atoms with van der Waals surface area (Å²) in [6.45, 7) is 3.27.